The summed E-state index contributed by atoms with van der Waals surface area (Å²) in [4.78, 5) is 68.0. The number of benzene rings is 2. The molecule has 0 fully saturated rings. The Hall–Kier alpha value is -6.22. The van der Waals surface area contributed by atoms with Gasteiger partial charge in [-0.2, -0.15) is 0 Å². The van der Waals surface area contributed by atoms with Crippen molar-refractivity contribution in [2.45, 2.75) is 37.8 Å². The summed E-state index contributed by atoms with van der Waals surface area (Å²) in [6.45, 7) is 0. The Morgan fingerprint density at radius 3 is 1.47 bits per heavy atom. The molecule has 0 aliphatic rings. The van der Waals surface area contributed by atoms with Gasteiger partial charge in [0.15, 0.2) is 0 Å². The molecule has 0 bridgehead atoms. The zero-order valence-corrected chi connectivity index (χ0v) is 25.1. The van der Waals surface area contributed by atoms with Gasteiger partial charge in [-0.3, -0.25) is 19.2 Å². The van der Waals surface area contributed by atoms with Crippen molar-refractivity contribution in [1.82, 2.24) is 10.6 Å². The minimum Gasteiger partial charge on any atom is -0.739 e. The number of aliphatic carboxylic acids is 2. The van der Waals surface area contributed by atoms with Gasteiger partial charge in [-0.05, 0) is 48.2 Å². The van der Waals surface area contributed by atoms with Gasteiger partial charge >= 0.3 is 11.9 Å². The number of rotatable bonds is 19. The number of nitrogens with two attached hydrogens (primary N) is 2. The molecule has 0 aromatic heterocycles. The molecule has 4 amide bonds. The molecular formula is C32H35N6O9-. The maximum Gasteiger partial charge on any atom is 0.326 e. The first-order valence-electron chi connectivity index (χ1n) is 14.1. The molecule has 2 unspecified atom stereocenters. The smallest absolute Gasteiger partial charge is 0.326 e. The van der Waals surface area contributed by atoms with Crippen molar-refractivity contribution in [3.8, 4) is 0 Å². The molecule has 0 spiro atoms. The highest BCUT2D eigenvalue weighted by Gasteiger charge is 2.20. The minimum atomic E-state index is -1.28. The van der Waals surface area contributed by atoms with Crippen LogP contribution in [0.2, 0.25) is 0 Å². The van der Waals surface area contributed by atoms with Crippen LogP contribution in [0, 0.1) is 5.21 Å². The fourth-order valence-corrected chi connectivity index (χ4v) is 3.72. The number of carboxylic acids is 2. The number of hydrogen-bond donors (Lipinski definition) is 7. The number of nitrogens with zero attached hydrogens (tertiary/aromatic N) is 1. The average molecular weight is 648 g/mol. The van der Waals surface area contributed by atoms with Crippen molar-refractivity contribution in [2.75, 3.05) is 10.6 Å². The molecule has 0 saturated heterocycles. The van der Waals surface area contributed by atoms with E-state index in [1.54, 1.807) is 72.8 Å². The molecule has 0 heterocycles. The number of carboxylic acid groups (broad SMARTS) is 2. The molecule has 0 aliphatic carbocycles. The van der Waals surface area contributed by atoms with Gasteiger partial charge in [-0.25, -0.2) is 9.59 Å². The standard InChI is InChI=1S/C32H35N6O9/c33-27(39)19-17-25(31(43)44)35-29(41)7-3-1-5-21-9-13-23(14-10-21)37-38(47)24-15-11-22(12-16-24)6-2-4-8-30(42)36-26(32(45)46)18-20-28(34)40/h1-16,25-26,37H,17-20H2,(H2,33,39)(H2,34,40)(H,35,41)(H,36,42)(H,43,44)(H,45,46)/q-1. The third kappa shape index (κ3) is 14.9. The SMILES string of the molecule is NC(=O)CCC(NC(=O)C=CC=Cc1ccc(NN([O-])c2ccc(C=CC=CC(=O)NC(CCC(N)=O)C(=O)O)cc2)cc1)C(=O)O. The van der Waals surface area contributed by atoms with Crippen LogP contribution in [0.25, 0.3) is 12.2 Å². The number of nitrogens with one attached hydrogen (secondary N) is 3. The summed E-state index contributed by atoms with van der Waals surface area (Å²) < 4.78 is 0. The van der Waals surface area contributed by atoms with Crippen LogP contribution in [0.5, 0.6) is 0 Å². The number of allylic oxidation sites excluding steroid dienone is 4. The lowest BCUT2D eigenvalue weighted by Crippen LogP contribution is -2.40. The molecule has 15 heteroatoms. The predicted octanol–water partition coefficient (Wildman–Crippen LogP) is 1.83. The Morgan fingerprint density at radius 2 is 1.09 bits per heavy atom. The fourth-order valence-electron chi connectivity index (χ4n) is 3.72. The molecule has 0 radical (unpaired) electrons. The molecule has 0 aliphatic heterocycles. The molecule has 2 atom stereocenters. The molecule has 2 aromatic carbocycles. The summed E-state index contributed by atoms with van der Waals surface area (Å²) in [5.74, 6) is -5.18. The van der Waals surface area contributed by atoms with Gasteiger partial charge in [-0.15, -0.1) is 0 Å². The van der Waals surface area contributed by atoms with Crippen LogP contribution in [0.1, 0.15) is 36.8 Å². The first-order chi connectivity index (χ1) is 22.3. The maximum absolute atomic E-state index is 12.6. The van der Waals surface area contributed by atoms with E-state index in [0.717, 1.165) is 23.3 Å². The van der Waals surface area contributed by atoms with E-state index in [1.165, 1.54) is 12.2 Å². The Labute approximate surface area is 269 Å². The van der Waals surface area contributed by atoms with Crippen LogP contribution >= 0.6 is 0 Å². The summed E-state index contributed by atoms with van der Waals surface area (Å²) in [6, 6.07) is 10.9. The van der Waals surface area contributed by atoms with Gasteiger partial charge in [-0.1, -0.05) is 60.7 Å². The van der Waals surface area contributed by atoms with Crippen molar-refractivity contribution in [1.29, 1.82) is 0 Å². The summed E-state index contributed by atoms with van der Waals surface area (Å²) in [5.41, 5.74) is 15.1. The Bertz CT molecular complexity index is 1530. The van der Waals surface area contributed by atoms with Crippen LogP contribution in [0.4, 0.5) is 11.4 Å². The summed E-state index contributed by atoms with van der Waals surface area (Å²) >= 11 is 0. The van der Waals surface area contributed by atoms with Gasteiger partial charge in [0.2, 0.25) is 23.6 Å². The number of carbonyl (C=O) groups excluding carboxylic acids is 4. The molecule has 248 valence electrons. The lowest BCUT2D eigenvalue weighted by Gasteiger charge is -2.31. The quantitative estimate of drug-likeness (QED) is 0.0657. The summed E-state index contributed by atoms with van der Waals surface area (Å²) in [5, 5.41) is 36.0. The zero-order valence-electron chi connectivity index (χ0n) is 25.1. The van der Waals surface area contributed by atoms with E-state index in [2.05, 4.69) is 16.1 Å². The molecule has 2 rings (SSSR count). The highest BCUT2D eigenvalue weighted by molar-refractivity contribution is 5.92. The monoisotopic (exact) mass is 647 g/mol. The van der Waals surface area contributed by atoms with E-state index >= 15 is 0 Å². The van der Waals surface area contributed by atoms with E-state index < -0.39 is 47.7 Å². The summed E-state index contributed by atoms with van der Waals surface area (Å²) in [6.07, 6.45) is 11.0. The predicted molar refractivity (Wildman–Crippen MR) is 175 cm³/mol. The lowest BCUT2D eigenvalue weighted by molar-refractivity contribution is -0.142. The van der Waals surface area contributed by atoms with Crippen molar-refractivity contribution >= 4 is 59.1 Å². The number of primary amides is 2. The number of amides is 4. The van der Waals surface area contributed by atoms with Gasteiger partial charge in [0.05, 0.1) is 5.69 Å². The minimum absolute atomic E-state index is 0.117. The van der Waals surface area contributed by atoms with E-state index in [-0.39, 0.29) is 25.7 Å². The highest BCUT2D eigenvalue weighted by atomic mass is 16.5. The van der Waals surface area contributed by atoms with Gasteiger partial charge in [0.1, 0.15) is 12.1 Å². The average Bonchev–Trinajstić information content (AvgIpc) is 3.02. The maximum atomic E-state index is 12.6. The number of anilines is 2. The first-order valence-corrected chi connectivity index (χ1v) is 14.1. The largest absolute Gasteiger partial charge is 0.739 e. The normalized spacial score (nSPS) is 12.6. The lowest BCUT2D eigenvalue weighted by atomic mass is 10.1. The van der Waals surface area contributed by atoms with Crippen LogP contribution < -0.4 is 32.7 Å². The van der Waals surface area contributed by atoms with Crippen LogP contribution in [-0.2, 0) is 28.8 Å². The molecular weight excluding hydrogens is 612 g/mol. The van der Waals surface area contributed by atoms with Crippen molar-refractivity contribution in [3.63, 3.8) is 0 Å². The second-order valence-electron chi connectivity index (χ2n) is 9.86. The van der Waals surface area contributed by atoms with Gasteiger partial charge in [0, 0.05) is 30.7 Å². The van der Waals surface area contributed by atoms with E-state index in [0.29, 0.717) is 16.5 Å². The van der Waals surface area contributed by atoms with Crippen molar-refractivity contribution in [2.24, 2.45) is 11.5 Å². The Kier molecular flexibility index (Phi) is 15.1. The molecule has 47 heavy (non-hydrogen) atoms. The Morgan fingerprint density at radius 1 is 0.681 bits per heavy atom. The van der Waals surface area contributed by atoms with Crippen molar-refractivity contribution in [3.05, 3.63) is 101 Å². The summed E-state index contributed by atoms with van der Waals surface area (Å²) in [7, 11) is 0. The number of hydrazine groups is 1. The van der Waals surface area contributed by atoms with E-state index in [9.17, 15) is 34.0 Å². The molecule has 2 aromatic rings. The van der Waals surface area contributed by atoms with Crippen LogP contribution in [0.15, 0.2) is 85.0 Å². The van der Waals surface area contributed by atoms with E-state index in [4.69, 9.17) is 21.7 Å². The van der Waals surface area contributed by atoms with Crippen LogP contribution in [0.3, 0.4) is 0 Å². The third-order valence-corrected chi connectivity index (χ3v) is 6.15. The third-order valence-electron chi connectivity index (χ3n) is 6.15. The van der Waals surface area contributed by atoms with Gasteiger partial charge in [0.25, 0.3) is 0 Å². The zero-order chi connectivity index (χ0) is 34.8. The van der Waals surface area contributed by atoms with Crippen molar-refractivity contribution < 1.29 is 39.0 Å². The molecule has 9 N–H and O–H groups in total. The highest BCUT2D eigenvalue weighted by Crippen LogP contribution is 2.18. The second kappa shape index (κ2) is 19.2. The first kappa shape index (κ1) is 37.0. The van der Waals surface area contributed by atoms with Crippen LogP contribution in [-0.4, -0.2) is 57.9 Å². The molecule has 0 saturated carbocycles. The van der Waals surface area contributed by atoms with E-state index in [1.807, 2.05) is 0 Å². The number of hydrogen-bond acceptors (Lipinski definition) is 9. The topological polar surface area (TPSA) is 257 Å². The fraction of sp³-hybridized carbons (Fsp3) is 0.188. The second-order valence-corrected chi connectivity index (χ2v) is 9.86. The number of carbonyl (C=O) groups is 6. The Balaban J connectivity index is 1.84. The molecule has 15 nitrogen and oxygen atoms in total. The van der Waals surface area contributed by atoms with Gasteiger partial charge < -0.3 is 48.1 Å².